The maximum absolute atomic E-state index is 13.1. The highest BCUT2D eigenvalue weighted by Gasteiger charge is 2.36. The second kappa shape index (κ2) is 10.3. The fraction of sp³-hybridized carbons (Fsp3) is 0.630. The normalized spacial score (nSPS) is 17.9. The van der Waals surface area contributed by atoms with E-state index in [9.17, 15) is 14.7 Å². The molecule has 0 bridgehead atoms. The van der Waals surface area contributed by atoms with Gasteiger partial charge in [0.05, 0.1) is 12.2 Å². The second-order valence-electron chi connectivity index (χ2n) is 10.3. The lowest BCUT2D eigenvalue weighted by molar-refractivity contribution is -0.166. The minimum Gasteiger partial charge on any atom is -0.465 e. The molecule has 1 aromatic rings. The number of amides is 1. The van der Waals surface area contributed by atoms with Crippen LogP contribution in [0.25, 0.3) is 6.08 Å². The zero-order chi connectivity index (χ0) is 24.3. The van der Waals surface area contributed by atoms with Crippen molar-refractivity contribution < 1.29 is 24.2 Å². The van der Waals surface area contributed by atoms with E-state index in [1.807, 2.05) is 34.6 Å². The summed E-state index contributed by atoms with van der Waals surface area (Å²) in [6.07, 6.45) is 8.77. The van der Waals surface area contributed by atoms with Crippen LogP contribution in [0.5, 0.6) is 0 Å². The van der Waals surface area contributed by atoms with Crippen molar-refractivity contribution in [2.24, 2.45) is 5.92 Å². The molecular weight excluding hydrogens is 418 g/mol. The summed E-state index contributed by atoms with van der Waals surface area (Å²) in [5.41, 5.74) is 5.17. The highest BCUT2D eigenvalue weighted by Crippen LogP contribution is 2.40. The largest absolute Gasteiger partial charge is 0.465 e. The molecule has 0 saturated heterocycles. The average Bonchev–Trinajstić information content (AvgIpc) is 3.21. The van der Waals surface area contributed by atoms with Gasteiger partial charge in [-0.25, -0.2) is 9.59 Å². The van der Waals surface area contributed by atoms with Gasteiger partial charge in [0.15, 0.2) is 6.10 Å². The molecule has 2 aliphatic rings. The second-order valence-corrected chi connectivity index (χ2v) is 10.3. The van der Waals surface area contributed by atoms with Gasteiger partial charge in [0.25, 0.3) is 0 Å². The minimum absolute atomic E-state index is 0.270. The number of allylic oxidation sites excluding steroid dienone is 1. The van der Waals surface area contributed by atoms with E-state index < -0.39 is 23.8 Å². The van der Waals surface area contributed by atoms with E-state index >= 15 is 0 Å². The van der Waals surface area contributed by atoms with Crippen molar-refractivity contribution in [3.05, 3.63) is 39.5 Å². The van der Waals surface area contributed by atoms with E-state index in [1.54, 1.807) is 6.92 Å². The number of benzene rings is 1. The maximum Gasteiger partial charge on any atom is 0.407 e. The summed E-state index contributed by atoms with van der Waals surface area (Å²) < 4.78 is 11.7. The van der Waals surface area contributed by atoms with E-state index in [0.717, 1.165) is 33.4 Å². The van der Waals surface area contributed by atoms with Gasteiger partial charge in [0.1, 0.15) is 0 Å². The van der Waals surface area contributed by atoms with Crippen LogP contribution in [0.1, 0.15) is 99.3 Å². The Morgan fingerprint density at radius 1 is 1.09 bits per heavy atom. The van der Waals surface area contributed by atoms with Crippen molar-refractivity contribution in [3.8, 4) is 0 Å². The molecule has 1 amide bonds. The highest BCUT2D eigenvalue weighted by atomic mass is 16.6. The van der Waals surface area contributed by atoms with Crippen molar-refractivity contribution in [1.29, 1.82) is 0 Å². The monoisotopic (exact) mass is 457 g/mol. The number of rotatable bonds is 6. The molecule has 0 aromatic heterocycles. The molecule has 3 rings (SSSR count). The summed E-state index contributed by atoms with van der Waals surface area (Å²) in [5, 5.41) is 9.61. The first kappa shape index (κ1) is 25.3. The number of ether oxygens (including phenoxy) is 2. The van der Waals surface area contributed by atoms with E-state index in [4.69, 9.17) is 9.47 Å². The van der Waals surface area contributed by atoms with Gasteiger partial charge in [0.2, 0.25) is 0 Å². The number of fused-ring (bicyclic) bond motifs is 1. The third-order valence-electron chi connectivity index (χ3n) is 6.76. The van der Waals surface area contributed by atoms with E-state index in [2.05, 4.69) is 12.2 Å². The van der Waals surface area contributed by atoms with Gasteiger partial charge in [0, 0.05) is 18.7 Å². The molecule has 1 aliphatic heterocycles. The van der Waals surface area contributed by atoms with Gasteiger partial charge in [-0.15, -0.1) is 0 Å². The molecule has 6 nitrogen and oxygen atoms in total. The van der Waals surface area contributed by atoms with E-state index in [1.165, 1.54) is 37.0 Å². The summed E-state index contributed by atoms with van der Waals surface area (Å²) in [7, 11) is 0. The van der Waals surface area contributed by atoms with Gasteiger partial charge in [-0.3, -0.25) is 4.90 Å². The Kier molecular flexibility index (Phi) is 7.88. The van der Waals surface area contributed by atoms with Gasteiger partial charge in [-0.05, 0) is 88.1 Å². The molecule has 0 spiro atoms. The molecule has 6 heteroatoms. The first-order chi connectivity index (χ1) is 15.5. The molecule has 1 fully saturated rings. The number of hydrogen-bond acceptors (Lipinski definition) is 4. The molecule has 1 aliphatic carbocycles. The Morgan fingerprint density at radius 2 is 1.70 bits per heavy atom. The maximum atomic E-state index is 13.1. The molecular formula is C27H39NO5. The SMILES string of the molecule is CCOC(=O)C(OC(C)(C)C)c1c(C)c2c(c(C)c1C=CC1CCCCC1)CN(C(=O)O)C2. The Hall–Kier alpha value is -2.34. The number of carboxylic acid groups (broad SMARTS) is 1. The molecule has 1 aromatic carbocycles. The Labute approximate surface area is 197 Å². The number of carbonyl (C=O) groups is 2. The summed E-state index contributed by atoms with van der Waals surface area (Å²) in [6.45, 7) is 12.6. The number of esters is 1. The summed E-state index contributed by atoms with van der Waals surface area (Å²) in [4.78, 5) is 26.3. The predicted octanol–water partition coefficient (Wildman–Crippen LogP) is 6.31. The standard InChI is InChI=1S/C27H39NO5/c1-7-32-25(29)24(33-27(4,5)6)23-18(3)22-16-28(26(30)31)15-21(22)17(2)20(23)14-13-19-11-9-8-10-12-19/h13-14,19,24H,7-12,15-16H2,1-6H3,(H,30,31). The topological polar surface area (TPSA) is 76.1 Å². The van der Waals surface area contributed by atoms with Gasteiger partial charge in [-0.1, -0.05) is 31.4 Å². The van der Waals surface area contributed by atoms with Crippen molar-refractivity contribution in [3.63, 3.8) is 0 Å². The van der Waals surface area contributed by atoms with Crippen LogP contribution in [0, 0.1) is 19.8 Å². The predicted molar refractivity (Wildman–Crippen MR) is 129 cm³/mol. The zero-order valence-electron chi connectivity index (χ0n) is 21.0. The Bertz CT molecular complexity index is 922. The quantitative estimate of drug-likeness (QED) is 0.507. The minimum atomic E-state index is -0.932. The highest BCUT2D eigenvalue weighted by molar-refractivity contribution is 5.81. The number of carbonyl (C=O) groups excluding carboxylic acids is 1. The van der Waals surface area contributed by atoms with Crippen LogP contribution in [0.3, 0.4) is 0 Å². The van der Waals surface area contributed by atoms with Gasteiger partial charge >= 0.3 is 12.1 Å². The molecule has 0 radical (unpaired) electrons. The third-order valence-corrected chi connectivity index (χ3v) is 6.76. The molecule has 1 saturated carbocycles. The first-order valence-corrected chi connectivity index (χ1v) is 12.2. The molecule has 1 atom stereocenters. The van der Waals surface area contributed by atoms with Crippen molar-refractivity contribution in [2.75, 3.05) is 6.61 Å². The first-order valence-electron chi connectivity index (χ1n) is 12.2. The fourth-order valence-electron chi connectivity index (χ4n) is 5.09. The fourth-order valence-corrected chi connectivity index (χ4v) is 5.09. The lowest BCUT2D eigenvalue weighted by Crippen LogP contribution is -2.30. The summed E-state index contributed by atoms with van der Waals surface area (Å²) in [5.74, 6) is 0.120. The lowest BCUT2D eigenvalue weighted by Gasteiger charge is -2.30. The van der Waals surface area contributed by atoms with Crippen molar-refractivity contribution >= 4 is 18.1 Å². The lowest BCUT2D eigenvalue weighted by atomic mass is 9.84. The zero-order valence-corrected chi connectivity index (χ0v) is 21.0. The van der Waals surface area contributed by atoms with Crippen LogP contribution in [0.15, 0.2) is 6.08 Å². The molecule has 1 heterocycles. The molecule has 182 valence electrons. The van der Waals surface area contributed by atoms with Crippen LogP contribution in [-0.4, -0.2) is 34.3 Å². The van der Waals surface area contributed by atoms with Crippen LogP contribution in [0.2, 0.25) is 0 Å². The summed E-state index contributed by atoms with van der Waals surface area (Å²) in [6, 6.07) is 0. The number of hydrogen-bond donors (Lipinski definition) is 1. The molecule has 33 heavy (non-hydrogen) atoms. The van der Waals surface area contributed by atoms with E-state index in [-0.39, 0.29) is 6.61 Å². The van der Waals surface area contributed by atoms with Crippen molar-refractivity contribution in [2.45, 2.75) is 98.4 Å². The third kappa shape index (κ3) is 5.78. The number of nitrogens with zero attached hydrogens (tertiary/aromatic N) is 1. The Balaban J connectivity index is 2.17. The van der Waals surface area contributed by atoms with Crippen molar-refractivity contribution in [1.82, 2.24) is 4.90 Å². The van der Waals surface area contributed by atoms with Gasteiger partial charge < -0.3 is 14.6 Å². The van der Waals surface area contributed by atoms with Gasteiger partial charge in [-0.2, -0.15) is 0 Å². The van der Waals surface area contributed by atoms with Crippen LogP contribution in [-0.2, 0) is 27.4 Å². The summed E-state index contributed by atoms with van der Waals surface area (Å²) >= 11 is 0. The van der Waals surface area contributed by atoms with Crippen LogP contribution in [0.4, 0.5) is 4.79 Å². The smallest absolute Gasteiger partial charge is 0.407 e. The van der Waals surface area contributed by atoms with Crippen LogP contribution < -0.4 is 0 Å². The molecule has 1 unspecified atom stereocenters. The average molecular weight is 458 g/mol. The van der Waals surface area contributed by atoms with Crippen LogP contribution >= 0.6 is 0 Å². The molecule has 1 N–H and O–H groups in total. The van der Waals surface area contributed by atoms with E-state index in [0.29, 0.717) is 19.0 Å². The Morgan fingerprint density at radius 3 is 2.24 bits per heavy atom.